The molecule has 1 aliphatic heterocycles. The molecule has 112 valence electrons. The molecule has 0 spiro atoms. The molecule has 1 fully saturated rings. The summed E-state index contributed by atoms with van der Waals surface area (Å²) in [5.41, 5.74) is 2.54. The molecular formula is C16H26ClN3. The van der Waals surface area contributed by atoms with Gasteiger partial charge in [0, 0.05) is 41.9 Å². The van der Waals surface area contributed by atoms with E-state index in [1.807, 2.05) is 6.07 Å². The maximum atomic E-state index is 6.39. The van der Waals surface area contributed by atoms with Crippen LogP contribution in [0.15, 0.2) is 18.2 Å². The van der Waals surface area contributed by atoms with Crippen LogP contribution >= 0.6 is 11.6 Å². The standard InChI is InChI=1S/C16H26ClN3/c1-4-18-12-14-15(17)6-5-7-16(14)20-10-8-13(9-11-20)19(2)3/h5-7,13,18H,4,8-12H2,1-3H3. The SMILES string of the molecule is CCNCc1c(Cl)cccc1N1CCC(N(C)C)CC1. The van der Waals surface area contributed by atoms with Gasteiger partial charge >= 0.3 is 0 Å². The molecule has 1 heterocycles. The highest BCUT2D eigenvalue weighted by Gasteiger charge is 2.22. The van der Waals surface area contributed by atoms with Gasteiger partial charge in [-0.25, -0.2) is 0 Å². The average Bonchev–Trinajstić information content (AvgIpc) is 2.46. The molecule has 0 aromatic heterocycles. The summed E-state index contributed by atoms with van der Waals surface area (Å²) < 4.78 is 0. The van der Waals surface area contributed by atoms with Crippen LogP contribution in [0.5, 0.6) is 0 Å². The second-order valence-corrected chi connectivity index (χ2v) is 6.11. The first-order valence-corrected chi connectivity index (χ1v) is 7.90. The van der Waals surface area contributed by atoms with Crippen molar-refractivity contribution in [2.24, 2.45) is 0 Å². The van der Waals surface area contributed by atoms with Gasteiger partial charge in [-0.3, -0.25) is 0 Å². The average molecular weight is 296 g/mol. The van der Waals surface area contributed by atoms with E-state index in [2.05, 4.69) is 48.3 Å². The van der Waals surface area contributed by atoms with Gasteiger partial charge in [0.15, 0.2) is 0 Å². The predicted octanol–water partition coefficient (Wildman–Crippen LogP) is 2.98. The van der Waals surface area contributed by atoms with Crippen molar-refractivity contribution in [2.75, 3.05) is 38.6 Å². The van der Waals surface area contributed by atoms with Crippen LogP contribution in [0.2, 0.25) is 5.02 Å². The first-order valence-electron chi connectivity index (χ1n) is 7.53. The Hall–Kier alpha value is -0.770. The van der Waals surface area contributed by atoms with Crippen molar-refractivity contribution in [2.45, 2.75) is 32.4 Å². The second kappa shape index (κ2) is 7.30. The van der Waals surface area contributed by atoms with E-state index in [0.717, 1.165) is 31.2 Å². The van der Waals surface area contributed by atoms with Gasteiger partial charge in [0.2, 0.25) is 0 Å². The summed E-state index contributed by atoms with van der Waals surface area (Å²) in [5.74, 6) is 0. The van der Waals surface area contributed by atoms with Gasteiger partial charge < -0.3 is 15.1 Å². The monoisotopic (exact) mass is 295 g/mol. The summed E-state index contributed by atoms with van der Waals surface area (Å²) in [4.78, 5) is 4.83. The van der Waals surface area contributed by atoms with E-state index in [4.69, 9.17) is 11.6 Å². The van der Waals surface area contributed by atoms with Gasteiger partial charge in [-0.1, -0.05) is 24.6 Å². The summed E-state index contributed by atoms with van der Waals surface area (Å²) in [6.45, 7) is 6.16. The van der Waals surface area contributed by atoms with E-state index < -0.39 is 0 Å². The number of piperidine rings is 1. The van der Waals surface area contributed by atoms with E-state index in [1.54, 1.807) is 0 Å². The number of nitrogens with one attached hydrogen (secondary N) is 1. The third-order valence-corrected chi connectivity index (χ3v) is 4.54. The summed E-state index contributed by atoms with van der Waals surface area (Å²) in [5, 5.41) is 4.27. The molecule has 0 radical (unpaired) electrons. The molecule has 0 saturated carbocycles. The van der Waals surface area contributed by atoms with Crippen molar-refractivity contribution in [3.8, 4) is 0 Å². The lowest BCUT2D eigenvalue weighted by molar-refractivity contribution is 0.249. The molecule has 20 heavy (non-hydrogen) atoms. The van der Waals surface area contributed by atoms with Gasteiger partial charge in [0.1, 0.15) is 0 Å². The van der Waals surface area contributed by atoms with Crippen molar-refractivity contribution >= 4 is 17.3 Å². The summed E-state index contributed by atoms with van der Waals surface area (Å²) in [6, 6.07) is 6.96. The van der Waals surface area contributed by atoms with E-state index in [9.17, 15) is 0 Å². The highest BCUT2D eigenvalue weighted by atomic mass is 35.5. The predicted molar refractivity (Wildman–Crippen MR) is 87.8 cm³/mol. The molecular weight excluding hydrogens is 270 g/mol. The third-order valence-electron chi connectivity index (χ3n) is 4.18. The molecule has 1 aromatic carbocycles. The molecule has 0 aliphatic carbocycles. The lowest BCUT2D eigenvalue weighted by Gasteiger charge is -2.37. The van der Waals surface area contributed by atoms with E-state index >= 15 is 0 Å². The zero-order chi connectivity index (χ0) is 14.5. The Morgan fingerprint density at radius 1 is 1.30 bits per heavy atom. The largest absolute Gasteiger partial charge is 0.371 e. The molecule has 1 aliphatic rings. The molecule has 0 unspecified atom stereocenters. The lowest BCUT2D eigenvalue weighted by Crippen LogP contribution is -2.42. The van der Waals surface area contributed by atoms with Crippen molar-refractivity contribution < 1.29 is 0 Å². The number of nitrogens with zero attached hydrogens (tertiary/aromatic N) is 2. The Morgan fingerprint density at radius 3 is 2.60 bits per heavy atom. The Morgan fingerprint density at radius 2 is 2.00 bits per heavy atom. The maximum Gasteiger partial charge on any atom is 0.0471 e. The minimum absolute atomic E-state index is 0.711. The number of halogens is 1. The lowest BCUT2D eigenvalue weighted by atomic mass is 10.0. The summed E-state index contributed by atoms with van der Waals surface area (Å²) >= 11 is 6.39. The number of anilines is 1. The fraction of sp³-hybridized carbons (Fsp3) is 0.625. The van der Waals surface area contributed by atoms with Crippen LogP contribution in [-0.2, 0) is 6.54 Å². The van der Waals surface area contributed by atoms with Gasteiger partial charge in [0.05, 0.1) is 0 Å². The first kappa shape index (κ1) is 15.6. The highest BCUT2D eigenvalue weighted by molar-refractivity contribution is 6.31. The molecule has 0 atom stereocenters. The smallest absolute Gasteiger partial charge is 0.0471 e. The molecule has 3 nitrogen and oxygen atoms in total. The van der Waals surface area contributed by atoms with Gasteiger partial charge in [0.25, 0.3) is 0 Å². The van der Waals surface area contributed by atoms with Crippen LogP contribution in [0.1, 0.15) is 25.3 Å². The van der Waals surface area contributed by atoms with Crippen LogP contribution in [-0.4, -0.2) is 44.7 Å². The molecule has 0 amide bonds. The van der Waals surface area contributed by atoms with E-state index in [1.165, 1.54) is 24.1 Å². The molecule has 1 aromatic rings. The number of hydrogen-bond acceptors (Lipinski definition) is 3. The van der Waals surface area contributed by atoms with Crippen molar-refractivity contribution in [1.29, 1.82) is 0 Å². The molecule has 2 rings (SSSR count). The van der Waals surface area contributed by atoms with Gasteiger partial charge in [-0.2, -0.15) is 0 Å². The quantitative estimate of drug-likeness (QED) is 0.901. The molecule has 1 saturated heterocycles. The van der Waals surface area contributed by atoms with Crippen LogP contribution in [0, 0.1) is 0 Å². The van der Waals surface area contributed by atoms with Crippen molar-refractivity contribution in [3.63, 3.8) is 0 Å². The van der Waals surface area contributed by atoms with Crippen molar-refractivity contribution in [3.05, 3.63) is 28.8 Å². The first-order chi connectivity index (χ1) is 9.63. The second-order valence-electron chi connectivity index (χ2n) is 5.70. The van der Waals surface area contributed by atoms with Crippen LogP contribution < -0.4 is 10.2 Å². The Labute approximate surface area is 127 Å². The fourth-order valence-corrected chi connectivity index (χ4v) is 3.13. The number of benzene rings is 1. The summed E-state index contributed by atoms with van der Waals surface area (Å²) in [7, 11) is 4.35. The van der Waals surface area contributed by atoms with Crippen LogP contribution in [0.3, 0.4) is 0 Å². The number of rotatable bonds is 5. The minimum atomic E-state index is 0.711. The van der Waals surface area contributed by atoms with Crippen molar-refractivity contribution in [1.82, 2.24) is 10.2 Å². The van der Waals surface area contributed by atoms with Gasteiger partial charge in [-0.15, -0.1) is 0 Å². The third kappa shape index (κ3) is 3.66. The van der Waals surface area contributed by atoms with Crippen LogP contribution in [0.4, 0.5) is 5.69 Å². The topological polar surface area (TPSA) is 18.5 Å². The van der Waals surface area contributed by atoms with E-state index in [0.29, 0.717) is 6.04 Å². The van der Waals surface area contributed by atoms with Crippen LogP contribution in [0.25, 0.3) is 0 Å². The minimum Gasteiger partial charge on any atom is -0.371 e. The fourth-order valence-electron chi connectivity index (χ4n) is 2.89. The zero-order valence-corrected chi connectivity index (χ0v) is 13.6. The van der Waals surface area contributed by atoms with E-state index in [-0.39, 0.29) is 0 Å². The molecule has 4 heteroatoms. The highest BCUT2D eigenvalue weighted by Crippen LogP contribution is 2.30. The maximum absolute atomic E-state index is 6.39. The van der Waals surface area contributed by atoms with Gasteiger partial charge in [-0.05, 0) is 45.6 Å². The normalized spacial score (nSPS) is 16.9. The summed E-state index contributed by atoms with van der Waals surface area (Å²) in [6.07, 6.45) is 2.44. The Balaban J connectivity index is 2.11. The Kier molecular flexibility index (Phi) is 5.70. The zero-order valence-electron chi connectivity index (χ0n) is 12.8. The molecule has 1 N–H and O–H groups in total. The number of hydrogen-bond donors (Lipinski definition) is 1. The molecule has 0 bridgehead atoms. The Bertz CT molecular complexity index is 426.